The number of unbranched alkanes of at least 4 members (excludes halogenated alkanes) is 1. The molecule has 0 aliphatic rings. The van der Waals surface area contributed by atoms with Crippen molar-refractivity contribution < 1.29 is 9.90 Å². The van der Waals surface area contributed by atoms with Gasteiger partial charge in [-0.05, 0) is 37.0 Å². The summed E-state index contributed by atoms with van der Waals surface area (Å²) in [6.45, 7) is 3.71. The molecule has 4 rings (SSSR count). The molecule has 3 aromatic heterocycles. The van der Waals surface area contributed by atoms with Crippen LogP contribution in [0.5, 0.6) is 0 Å². The van der Waals surface area contributed by atoms with E-state index in [4.69, 9.17) is 5.73 Å². The molecule has 9 heteroatoms. The van der Waals surface area contributed by atoms with Crippen molar-refractivity contribution in [1.29, 1.82) is 0 Å². The topological polar surface area (TPSA) is 131 Å². The number of amides is 2. The molecule has 0 bridgehead atoms. The number of nitrogen functional groups attached to an aromatic ring is 1. The van der Waals surface area contributed by atoms with E-state index in [0.29, 0.717) is 36.8 Å². The maximum absolute atomic E-state index is 11.7. The van der Waals surface area contributed by atoms with Crippen LogP contribution in [0.1, 0.15) is 32.0 Å². The average Bonchev–Trinajstić information content (AvgIpc) is 3.22. The van der Waals surface area contributed by atoms with Gasteiger partial charge in [-0.2, -0.15) is 0 Å². The Kier molecular flexibility index (Phi) is 6.99. The molecule has 0 atom stereocenters. The Bertz CT molecular complexity index is 1250. The fraction of sp³-hybridized carbons (Fsp3) is 0.333. The molecule has 0 spiro atoms. The second-order valence-corrected chi connectivity index (χ2v) is 7.90. The Morgan fingerprint density at radius 2 is 1.97 bits per heavy atom. The van der Waals surface area contributed by atoms with Crippen LogP contribution in [0.15, 0.2) is 42.7 Å². The number of urea groups is 1. The molecule has 3 heterocycles. The molecule has 0 aliphatic heterocycles. The van der Waals surface area contributed by atoms with Crippen molar-refractivity contribution in [2.45, 2.75) is 39.3 Å². The molecule has 2 amide bonds. The van der Waals surface area contributed by atoms with Crippen molar-refractivity contribution >= 4 is 33.8 Å². The Hall–Kier alpha value is -3.72. The number of carbonyl (C=O) groups excluding carboxylic acids is 1. The average molecular weight is 448 g/mol. The van der Waals surface area contributed by atoms with Crippen LogP contribution in [0.3, 0.4) is 0 Å². The summed E-state index contributed by atoms with van der Waals surface area (Å²) >= 11 is 0. The molecule has 0 radical (unpaired) electrons. The van der Waals surface area contributed by atoms with Gasteiger partial charge in [0.05, 0.1) is 11.0 Å². The number of pyridine rings is 2. The summed E-state index contributed by atoms with van der Waals surface area (Å²) in [6, 6.07) is 9.81. The van der Waals surface area contributed by atoms with E-state index in [-0.39, 0.29) is 12.6 Å². The summed E-state index contributed by atoms with van der Waals surface area (Å²) in [4.78, 5) is 25.0. The van der Waals surface area contributed by atoms with E-state index in [1.54, 1.807) is 6.20 Å². The minimum Gasteiger partial charge on any atom is -0.388 e. The van der Waals surface area contributed by atoms with Gasteiger partial charge in [-0.25, -0.2) is 14.8 Å². The second-order valence-electron chi connectivity index (χ2n) is 7.90. The number of nitrogens with two attached hydrogens (primary N) is 1. The lowest BCUT2D eigenvalue weighted by atomic mass is 10.0. The van der Waals surface area contributed by atoms with Crippen LogP contribution < -0.4 is 16.4 Å². The third kappa shape index (κ3) is 4.88. The predicted octanol–water partition coefficient (Wildman–Crippen LogP) is 3.21. The van der Waals surface area contributed by atoms with Crippen LogP contribution in [0.2, 0.25) is 0 Å². The fourth-order valence-electron chi connectivity index (χ4n) is 3.93. The molecule has 4 aromatic rings. The number of nitrogens with one attached hydrogen (secondary N) is 2. The highest BCUT2D eigenvalue weighted by Gasteiger charge is 2.17. The van der Waals surface area contributed by atoms with Gasteiger partial charge in [0.15, 0.2) is 5.82 Å². The number of fused-ring (bicyclic) bond motifs is 3. The molecule has 33 heavy (non-hydrogen) atoms. The molecular weight excluding hydrogens is 418 g/mol. The van der Waals surface area contributed by atoms with E-state index < -0.39 is 0 Å². The summed E-state index contributed by atoms with van der Waals surface area (Å²) in [5.41, 5.74) is 10.5. The van der Waals surface area contributed by atoms with Gasteiger partial charge in [0.25, 0.3) is 0 Å². The lowest BCUT2D eigenvalue weighted by Crippen LogP contribution is -2.36. The van der Waals surface area contributed by atoms with Crippen LogP contribution in [0.25, 0.3) is 33.1 Å². The van der Waals surface area contributed by atoms with Gasteiger partial charge in [0, 0.05) is 43.0 Å². The van der Waals surface area contributed by atoms with Crippen LogP contribution in [0.4, 0.5) is 10.6 Å². The zero-order chi connectivity index (χ0) is 23.2. The van der Waals surface area contributed by atoms with Crippen molar-refractivity contribution in [1.82, 2.24) is 30.2 Å². The third-order valence-corrected chi connectivity index (χ3v) is 5.55. The number of benzene rings is 1. The first-order valence-electron chi connectivity index (χ1n) is 11.2. The predicted molar refractivity (Wildman–Crippen MR) is 130 cm³/mol. The zero-order valence-corrected chi connectivity index (χ0v) is 18.7. The smallest absolute Gasteiger partial charge is 0.314 e. The summed E-state index contributed by atoms with van der Waals surface area (Å²) in [7, 11) is 0. The first kappa shape index (κ1) is 22.5. The number of aliphatic hydroxyl groups is 1. The monoisotopic (exact) mass is 447 g/mol. The largest absolute Gasteiger partial charge is 0.388 e. The van der Waals surface area contributed by atoms with Gasteiger partial charge in [-0.1, -0.05) is 25.1 Å². The number of carbonyl (C=O) groups is 1. The van der Waals surface area contributed by atoms with Crippen LogP contribution in [-0.2, 0) is 13.2 Å². The first-order chi connectivity index (χ1) is 16.1. The molecule has 0 saturated heterocycles. The molecule has 0 fully saturated rings. The van der Waals surface area contributed by atoms with Gasteiger partial charge in [0.2, 0.25) is 0 Å². The minimum absolute atomic E-state index is 0.143. The zero-order valence-electron chi connectivity index (χ0n) is 18.7. The molecule has 5 N–H and O–H groups in total. The Balaban J connectivity index is 1.60. The molecule has 1 aromatic carbocycles. The maximum Gasteiger partial charge on any atom is 0.314 e. The van der Waals surface area contributed by atoms with Gasteiger partial charge in [-0.15, -0.1) is 0 Å². The lowest BCUT2D eigenvalue weighted by Gasteiger charge is -2.11. The quantitative estimate of drug-likeness (QED) is 0.291. The number of nitrogens with zero attached hydrogens (tertiary/aromatic N) is 4. The number of aromatic nitrogens is 4. The van der Waals surface area contributed by atoms with Crippen molar-refractivity contribution in [3.63, 3.8) is 0 Å². The van der Waals surface area contributed by atoms with Crippen LogP contribution >= 0.6 is 0 Å². The van der Waals surface area contributed by atoms with E-state index in [1.807, 2.05) is 48.0 Å². The number of anilines is 1. The highest BCUT2D eigenvalue weighted by molar-refractivity contribution is 6.07. The van der Waals surface area contributed by atoms with Crippen molar-refractivity contribution in [3.05, 3.63) is 48.5 Å². The van der Waals surface area contributed by atoms with E-state index in [9.17, 15) is 9.90 Å². The third-order valence-electron chi connectivity index (χ3n) is 5.55. The van der Waals surface area contributed by atoms with Crippen LogP contribution in [0, 0.1) is 0 Å². The van der Waals surface area contributed by atoms with Gasteiger partial charge in [-0.3, -0.25) is 4.98 Å². The summed E-state index contributed by atoms with van der Waals surface area (Å²) in [6.07, 6.45) is 6.07. The molecule has 9 nitrogen and oxygen atoms in total. The summed E-state index contributed by atoms with van der Waals surface area (Å²) in [5.74, 6) is 0.888. The van der Waals surface area contributed by atoms with Crippen molar-refractivity contribution in [3.8, 4) is 11.1 Å². The maximum atomic E-state index is 11.7. The van der Waals surface area contributed by atoms with E-state index in [0.717, 1.165) is 46.8 Å². The minimum atomic E-state index is -0.193. The SMILES string of the molecule is CCCNC(=O)NCCCCn1c(CO)nc2c(N)nc3cc(-c4cccnc4)ccc3c21. The number of rotatable bonds is 9. The lowest BCUT2D eigenvalue weighted by molar-refractivity contribution is 0.240. The Morgan fingerprint density at radius 3 is 2.73 bits per heavy atom. The first-order valence-corrected chi connectivity index (χ1v) is 11.2. The number of aliphatic hydroxyl groups excluding tert-OH is 1. The number of aryl methyl sites for hydroxylation is 1. The highest BCUT2D eigenvalue weighted by Crippen LogP contribution is 2.32. The van der Waals surface area contributed by atoms with E-state index >= 15 is 0 Å². The molecule has 0 unspecified atom stereocenters. The standard InChI is InChI=1S/C24H29N7O2/c1-2-9-27-24(33)28-11-3-4-12-31-20(15-32)30-21-22(31)18-8-7-16(13-19(18)29-23(21)25)17-6-5-10-26-14-17/h5-8,10,13-14,32H,2-4,9,11-12,15H2,1H3,(H2,25,29)(H2,27,28,33). The second kappa shape index (κ2) is 10.3. The van der Waals surface area contributed by atoms with Gasteiger partial charge >= 0.3 is 6.03 Å². The fourth-order valence-corrected chi connectivity index (χ4v) is 3.93. The van der Waals surface area contributed by atoms with E-state index in [1.165, 1.54) is 0 Å². The summed E-state index contributed by atoms with van der Waals surface area (Å²) < 4.78 is 2.01. The van der Waals surface area contributed by atoms with Crippen molar-refractivity contribution in [2.24, 2.45) is 0 Å². The molecule has 0 aliphatic carbocycles. The number of imidazole rings is 1. The van der Waals surface area contributed by atoms with Crippen molar-refractivity contribution in [2.75, 3.05) is 18.8 Å². The van der Waals surface area contributed by atoms with Gasteiger partial charge < -0.3 is 26.0 Å². The highest BCUT2D eigenvalue weighted by atomic mass is 16.3. The van der Waals surface area contributed by atoms with E-state index in [2.05, 4.69) is 25.6 Å². The Morgan fingerprint density at radius 1 is 1.12 bits per heavy atom. The van der Waals surface area contributed by atoms with Gasteiger partial charge in [0.1, 0.15) is 17.9 Å². The summed E-state index contributed by atoms with van der Waals surface area (Å²) in [5, 5.41) is 16.5. The van der Waals surface area contributed by atoms with Crippen LogP contribution in [-0.4, -0.2) is 43.7 Å². The molecule has 172 valence electrons. The molecule has 0 saturated carbocycles. The normalized spacial score (nSPS) is 11.2. The number of hydrogen-bond donors (Lipinski definition) is 4. The molecular formula is C24H29N7O2. The number of hydrogen-bond acceptors (Lipinski definition) is 6. The Labute approximate surface area is 192 Å².